The minimum absolute atomic E-state index is 0.944. The topological polar surface area (TPSA) is 26.0 Å². The number of rotatable bonds is 4. The molecule has 0 saturated carbocycles. The van der Waals surface area contributed by atoms with Gasteiger partial charge in [-0.2, -0.15) is 0 Å². The molecule has 1 aromatic heterocycles. The van der Waals surface area contributed by atoms with Crippen molar-refractivity contribution in [3.8, 4) is 0 Å². The molecule has 0 amide bonds. The van der Waals surface area contributed by atoms with Crippen LogP contribution in [0, 0.1) is 0 Å². The Labute approximate surface area is 67.6 Å². The van der Waals surface area contributed by atoms with Crippen LogP contribution in [0.2, 0.25) is 0 Å². The van der Waals surface area contributed by atoms with Gasteiger partial charge in [0.15, 0.2) is 0 Å². The Bertz CT molecular complexity index is 205. The zero-order chi connectivity index (χ0) is 8.10. The van der Waals surface area contributed by atoms with Crippen LogP contribution in [0.25, 0.3) is 0 Å². The van der Waals surface area contributed by atoms with E-state index < -0.39 is 0 Å². The lowest BCUT2D eigenvalue weighted by Gasteiger charge is -1.88. The first kappa shape index (κ1) is 8.31. The van der Waals surface area contributed by atoms with Crippen LogP contribution in [0.5, 0.6) is 0 Å². The average Bonchev–Trinajstić information content (AvgIpc) is 2.48. The van der Waals surface area contributed by atoms with E-state index in [1.807, 2.05) is 0 Å². The quantitative estimate of drug-likeness (QED) is 0.664. The summed E-state index contributed by atoms with van der Waals surface area (Å²) in [6, 6.07) is 2.05. The maximum atomic E-state index is 5.06. The predicted octanol–water partition coefficient (Wildman–Crippen LogP) is 2.58. The van der Waals surface area contributed by atoms with E-state index in [2.05, 4.69) is 25.1 Å². The summed E-state index contributed by atoms with van der Waals surface area (Å²) in [5.41, 5.74) is 1.10. The van der Waals surface area contributed by atoms with Gasteiger partial charge in [0.2, 0.25) is 0 Å². The second-order valence-electron chi connectivity index (χ2n) is 2.74. The molecule has 0 fully saturated rings. The maximum absolute atomic E-state index is 5.06. The number of unbranched alkanes of at least 4 members (excludes halogenated alkanes) is 1. The summed E-state index contributed by atoms with van der Waals surface area (Å²) in [6.45, 7) is 4.25. The van der Waals surface area contributed by atoms with Crippen molar-refractivity contribution in [2.45, 2.75) is 39.5 Å². The summed E-state index contributed by atoms with van der Waals surface area (Å²) >= 11 is 0. The van der Waals surface area contributed by atoms with E-state index in [1.165, 1.54) is 12.8 Å². The normalized spacial score (nSPS) is 10.4. The van der Waals surface area contributed by atoms with Gasteiger partial charge in [0.05, 0.1) is 5.69 Å². The Morgan fingerprint density at radius 3 is 2.82 bits per heavy atom. The fourth-order valence-electron chi connectivity index (χ4n) is 0.998. The highest BCUT2D eigenvalue weighted by Crippen LogP contribution is 2.06. The zero-order valence-corrected chi connectivity index (χ0v) is 7.26. The second kappa shape index (κ2) is 4.16. The van der Waals surface area contributed by atoms with Crippen LogP contribution in [0.1, 0.15) is 38.1 Å². The van der Waals surface area contributed by atoms with E-state index in [9.17, 15) is 0 Å². The van der Waals surface area contributed by atoms with Crippen molar-refractivity contribution in [1.82, 2.24) is 5.16 Å². The fraction of sp³-hybridized carbons (Fsp3) is 0.667. The number of hydrogen-bond acceptors (Lipinski definition) is 2. The maximum Gasteiger partial charge on any atom is 0.136 e. The molecule has 0 radical (unpaired) electrons. The molecule has 0 atom stereocenters. The van der Waals surface area contributed by atoms with E-state index in [4.69, 9.17) is 4.52 Å². The second-order valence-corrected chi connectivity index (χ2v) is 2.74. The van der Waals surface area contributed by atoms with Crippen molar-refractivity contribution >= 4 is 0 Å². The predicted molar refractivity (Wildman–Crippen MR) is 44.5 cm³/mol. The van der Waals surface area contributed by atoms with Gasteiger partial charge in [0, 0.05) is 12.5 Å². The third-order valence-electron chi connectivity index (χ3n) is 1.74. The molecular formula is C9H15NO. The van der Waals surface area contributed by atoms with Crippen LogP contribution in [0.15, 0.2) is 10.6 Å². The molecule has 0 aliphatic rings. The highest BCUT2D eigenvalue weighted by Gasteiger charge is 2.00. The van der Waals surface area contributed by atoms with Crippen LogP contribution in [-0.2, 0) is 12.8 Å². The first-order valence-electron chi connectivity index (χ1n) is 4.31. The SMILES string of the molecule is CCCCc1cc(CC)on1. The summed E-state index contributed by atoms with van der Waals surface area (Å²) in [4.78, 5) is 0. The van der Waals surface area contributed by atoms with Crippen molar-refractivity contribution in [3.63, 3.8) is 0 Å². The van der Waals surface area contributed by atoms with Crippen LogP contribution in [0.3, 0.4) is 0 Å². The summed E-state index contributed by atoms with van der Waals surface area (Å²) in [5, 5.41) is 3.95. The molecular weight excluding hydrogens is 138 g/mol. The van der Waals surface area contributed by atoms with Crippen molar-refractivity contribution < 1.29 is 4.52 Å². The molecule has 62 valence electrons. The van der Waals surface area contributed by atoms with Crippen LogP contribution < -0.4 is 0 Å². The lowest BCUT2D eigenvalue weighted by molar-refractivity contribution is 0.380. The average molecular weight is 153 g/mol. The Hall–Kier alpha value is -0.790. The molecule has 1 aromatic rings. The molecule has 0 N–H and O–H groups in total. The van der Waals surface area contributed by atoms with Crippen molar-refractivity contribution in [1.29, 1.82) is 0 Å². The van der Waals surface area contributed by atoms with Gasteiger partial charge in [0.1, 0.15) is 5.76 Å². The highest BCUT2D eigenvalue weighted by atomic mass is 16.5. The van der Waals surface area contributed by atoms with Crippen LogP contribution in [0.4, 0.5) is 0 Å². The van der Waals surface area contributed by atoms with Crippen molar-refractivity contribution in [2.24, 2.45) is 0 Å². The minimum Gasteiger partial charge on any atom is -0.361 e. The minimum atomic E-state index is 0.944. The number of nitrogens with zero attached hydrogens (tertiary/aromatic N) is 1. The van der Waals surface area contributed by atoms with Gasteiger partial charge in [-0.3, -0.25) is 0 Å². The van der Waals surface area contributed by atoms with E-state index in [1.54, 1.807) is 0 Å². The first-order valence-corrected chi connectivity index (χ1v) is 4.31. The first-order chi connectivity index (χ1) is 5.36. The van der Waals surface area contributed by atoms with E-state index in [0.717, 1.165) is 24.3 Å². The largest absolute Gasteiger partial charge is 0.361 e. The number of hydrogen-bond donors (Lipinski definition) is 0. The van der Waals surface area contributed by atoms with Gasteiger partial charge in [-0.15, -0.1) is 0 Å². The molecule has 0 aliphatic carbocycles. The third-order valence-corrected chi connectivity index (χ3v) is 1.74. The van der Waals surface area contributed by atoms with Gasteiger partial charge in [-0.1, -0.05) is 25.4 Å². The molecule has 1 rings (SSSR count). The van der Waals surface area contributed by atoms with Gasteiger partial charge in [-0.05, 0) is 12.8 Å². The van der Waals surface area contributed by atoms with Crippen LogP contribution >= 0.6 is 0 Å². The third kappa shape index (κ3) is 2.37. The van der Waals surface area contributed by atoms with E-state index >= 15 is 0 Å². The summed E-state index contributed by atoms with van der Waals surface area (Å²) in [6.07, 6.45) is 4.42. The monoisotopic (exact) mass is 153 g/mol. The molecule has 0 aromatic carbocycles. The molecule has 0 unspecified atom stereocenters. The Kier molecular flexibility index (Phi) is 3.14. The fourth-order valence-corrected chi connectivity index (χ4v) is 0.998. The number of aryl methyl sites for hydroxylation is 2. The van der Waals surface area contributed by atoms with Crippen molar-refractivity contribution in [2.75, 3.05) is 0 Å². The van der Waals surface area contributed by atoms with Gasteiger partial charge >= 0.3 is 0 Å². The van der Waals surface area contributed by atoms with Crippen molar-refractivity contribution in [3.05, 3.63) is 17.5 Å². The van der Waals surface area contributed by atoms with Gasteiger partial charge in [-0.25, -0.2) is 0 Å². The standard InChI is InChI=1S/C9H15NO/c1-3-5-6-8-7-9(4-2)11-10-8/h7H,3-6H2,1-2H3. The lowest BCUT2D eigenvalue weighted by Crippen LogP contribution is -1.82. The Morgan fingerprint density at radius 1 is 1.45 bits per heavy atom. The summed E-state index contributed by atoms with van der Waals surface area (Å²) in [7, 11) is 0. The summed E-state index contributed by atoms with van der Waals surface area (Å²) in [5.74, 6) is 0.996. The smallest absolute Gasteiger partial charge is 0.136 e. The zero-order valence-electron chi connectivity index (χ0n) is 7.26. The van der Waals surface area contributed by atoms with Gasteiger partial charge < -0.3 is 4.52 Å². The molecule has 2 heteroatoms. The molecule has 11 heavy (non-hydrogen) atoms. The molecule has 1 heterocycles. The Balaban J connectivity index is 2.44. The lowest BCUT2D eigenvalue weighted by atomic mass is 10.2. The highest BCUT2D eigenvalue weighted by molar-refractivity contribution is 5.04. The van der Waals surface area contributed by atoms with Gasteiger partial charge in [0.25, 0.3) is 0 Å². The molecule has 0 aliphatic heterocycles. The van der Waals surface area contributed by atoms with E-state index in [0.29, 0.717) is 0 Å². The van der Waals surface area contributed by atoms with E-state index in [-0.39, 0.29) is 0 Å². The Morgan fingerprint density at radius 2 is 2.27 bits per heavy atom. The molecule has 0 saturated heterocycles. The summed E-state index contributed by atoms with van der Waals surface area (Å²) < 4.78 is 5.06. The van der Waals surface area contributed by atoms with Crippen LogP contribution in [-0.4, -0.2) is 5.16 Å². The number of aromatic nitrogens is 1. The molecule has 2 nitrogen and oxygen atoms in total. The molecule has 0 spiro atoms. The molecule has 0 bridgehead atoms.